The Kier molecular flexibility index (Phi) is 18.4. The number of carbonyl (C=O) groups is 1. The average Bonchev–Trinajstić information content (AvgIpc) is 2.66. The maximum absolute atomic E-state index is 10.9. The van der Waals surface area contributed by atoms with Gasteiger partial charge in [-0.2, -0.15) is 0 Å². The minimum absolute atomic E-state index is 0.166. The Morgan fingerprint density at radius 3 is 2.46 bits per heavy atom. The van der Waals surface area contributed by atoms with E-state index >= 15 is 0 Å². The van der Waals surface area contributed by atoms with E-state index in [4.69, 9.17) is 10.4 Å². The van der Waals surface area contributed by atoms with E-state index in [-0.39, 0.29) is 18.7 Å². The van der Waals surface area contributed by atoms with Gasteiger partial charge in [-0.25, -0.2) is 4.89 Å². The van der Waals surface area contributed by atoms with Crippen molar-refractivity contribution in [3.8, 4) is 0 Å². The third-order valence-corrected chi connectivity index (χ3v) is 3.69. The summed E-state index contributed by atoms with van der Waals surface area (Å²) in [6.07, 6.45) is 23.0. The van der Waals surface area contributed by atoms with Gasteiger partial charge in [-0.05, 0) is 44.9 Å². The van der Waals surface area contributed by atoms with Crippen LogP contribution in [0.4, 0.5) is 0 Å². The van der Waals surface area contributed by atoms with Crippen molar-refractivity contribution >= 4 is 5.97 Å². The molecule has 0 heterocycles. The second-order valence-electron chi connectivity index (χ2n) is 5.91. The summed E-state index contributed by atoms with van der Waals surface area (Å²) in [6.45, 7) is 0.258. The average molecular weight is 366 g/mol. The van der Waals surface area contributed by atoms with Crippen molar-refractivity contribution in [1.29, 1.82) is 0 Å². The lowest BCUT2D eigenvalue weighted by atomic mass is 10.1. The molecule has 0 spiro atoms. The Morgan fingerprint density at radius 2 is 1.73 bits per heavy atom. The quantitative estimate of drug-likeness (QED) is 0.103. The number of rotatable bonds is 16. The highest BCUT2D eigenvalue weighted by Gasteiger charge is 2.00. The number of carbonyl (C=O) groups excluding carboxylic acids is 1. The van der Waals surface area contributed by atoms with Gasteiger partial charge in [0.25, 0.3) is 0 Å². The van der Waals surface area contributed by atoms with E-state index < -0.39 is 0 Å². The van der Waals surface area contributed by atoms with E-state index in [2.05, 4.69) is 27.9 Å². The molecule has 0 aliphatic heterocycles. The Bertz CT molecular complexity index is 438. The Hall–Kier alpha value is -1.69. The number of methoxy groups -OCH3 is 1. The van der Waals surface area contributed by atoms with Crippen LogP contribution in [-0.4, -0.2) is 36.2 Å². The molecule has 0 saturated carbocycles. The molecule has 26 heavy (non-hydrogen) atoms. The van der Waals surface area contributed by atoms with Gasteiger partial charge in [0.2, 0.25) is 0 Å². The molecular weight excluding hydrogens is 332 g/mol. The molecule has 5 nitrogen and oxygen atoms in total. The number of hydrogen-bond acceptors (Lipinski definition) is 5. The van der Waals surface area contributed by atoms with Gasteiger partial charge in [0.05, 0.1) is 7.11 Å². The number of aliphatic hydroxyl groups excluding tert-OH is 1. The fourth-order valence-electron chi connectivity index (χ4n) is 2.16. The lowest BCUT2D eigenvalue weighted by molar-refractivity contribution is -0.264. The largest absolute Gasteiger partial charge is 0.469 e. The zero-order chi connectivity index (χ0) is 19.3. The van der Waals surface area contributed by atoms with E-state index in [1.54, 1.807) is 0 Å². The SMILES string of the molecule is COC(=O)CCC/C=C\C/C=C\C=C\C(C/C=C\CCCCCO)OO. The summed E-state index contributed by atoms with van der Waals surface area (Å²) in [5, 5.41) is 17.6. The van der Waals surface area contributed by atoms with Crippen molar-refractivity contribution in [2.75, 3.05) is 13.7 Å². The molecule has 0 aliphatic carbocycles. The molecule has 5 heteroatoms. The first-order chi connectivity index (χ1) is 12.7. The Balaban J connectivity index is 3.78. The van der Waals surface area contributed by atoms with Crippen LogP contribution < -0.4 is 0 Å². The van der Waals surface area contributed by atoms with Crippen molar-refractivity contribution in [2.45, 2.75) is 63.9 Å². The van der Waals surface area contributed by atoms with E-state index in [1.807, 2.05) is 30.4 Å². The molecule has 1 atom stereocenters. The smallest absolute Gasteiger partial charge is 0.305 e. The van der Waals surface area contributed by atoms with Gasteiger partial charge in [-0.1, -0.05) is 55.0 Å². The number of aliphatic hydroxyl groups is 1. The third-order valence-electron chi connectivity index (χ3n) is 3.69. The molecule has 0 fully saturated rings. The maximum Gasteiger partial charge on any atom is 0.305 e. The number of ether oxygens (including phenoxy) is 1. The first-order valence-electron chi connectivity index (χ1n) is 9.35. The van der Waals surface area contributed by atoms with Gasteiger partial charge in [-0.15, -0.1) is 0 Å². The van der Waals surface area contributed by atoms with Crippen LogP contribution in [0.2, 0.25) is 0 Å². The van der Waals surface area contributed by atoms with Crippen molar-refractivity contribution in [1.82, 2.24) is 0 Å². The van der Waals surface area contributed by atoms with E-state index in [1.165, 1.54) is 7.11 Å². The monoisotopic (exact) mass is 366 g/mol. The number of unbranched alkanes of at least 4 members (excludes halogenated alkanes) is 4. The van der Waals surface area contributed by atoms with Crippen LogP contribution in [0.25, 0.3) is 0 Å². The van der Waals surface area contributed by atoms with Crippen molar-refractivity contribution in [3.05, 3.63) is 48.6 Å². The van der Waals surface area contributed by atoms with Gasteiger partial charge in [0, 0.05) is 13.0 Å². The molecule has 0 amide bonds. The van der Waals surface area contributed by atoms with Crippen molar-refractivity contribution in [2.24, 2.45) is 0 Å². The standard InChI is InChI=1S/C21H34O5/c1-25-21(23)18-14-10-5-3-2-4-8-12-16-20(26-24)17-13-9-6-7-11-15-19-22/h3-5,8-9,12-13,16,20,22,24H,2,6-7,10-11,14-15,17-19H2,1H3/b5-3-,8-4-,13-9-,16-12+. The molecule has 0 bridgehead atoms. The van der Waals surface area contributed by atoms with Gasteiger partial charge in [-0.3, -0.25) is 10.1 Å². The first kappa shape index (κ1) is 24.3. The summed E-state index contributed by atoms with van der Waals surface area (Å²) in [6, 6.07) is 0. The first-order valence-corrected chi connectivity index (χ1v) is 9.35. The van der Waals surface area contributed by atoms with Crippen LogP contribution in [0, 0.1) is 0 Å². The van der Waals surface area contributed by atoms with Gasteiger partial charge in [0.15, 0.2) is 0 Å². The highest BCUT2D eigenvalue weighted by Crippen LogP contribution is 2.05. The summed E-state index contributed by atoms with van der Waals surface area (Å²) >= 11 is 0. The van der Waals surface area contributed by atoms with Crippen LogP contribution in [0.1, 0.15) is 57.8 Å². The van der Waals surface area contributed by atoms with Gasteiger partial charge >= 0.3 is 5.97 Å². The van der Waals surface area contributed by atoms with E-state index in [9.17, 15) is 4.79 Å². The molecule has 0 saturated heterocycles. The minimum Gasteiger partial charge on any atom is -0.469 e. The maximum atomic E-state index is 10.9. The molecule has 0 aromatic carbocycles. The van der Waals surface area contributed by atoms with Gasteiger partial charge < -0.3 is 9.84 Å². The predicted molar refractivity (Wildman–Crippen MR) is 105 cm³/mol. The van der Waals surface area contributed by atoms with E-state index in [0.29, 0.717) is 12.8 Å². The normalized spacial score (nSPS) is 13.5. The van der Waals surface area contributed by atoms with E-state index in [0.717, 1.165) is 44.9 Å². The van der Waals surface area contributed by atoms with Crippen LogP contribution in [0.15, 0.2) is 48.6 Å². The fraction of sp³-hybridized carbons (Fsp3) is 0.571. The molecule has 148 valence electrons. The molecule has 1 unspecified atom stereocenters. The summed E-state index contributed by atoms with van der Waals surface area (Å²) < 4.78 is 4.58. The Labute approximate surface area is 157 Å². The second kappa shape index (κ2) is 19.6. The molecule has 0 rings (SSSR count). The predicted octanol–water partition coefficient (Wildman–Crippen LogP) is 4.75. The fourth-order valence-corrected chi connectivity index (χ4v) is 2.16. The van der Waals surface area contributed by atoms with Crippen LogP contribution >= 0.6 is 0 Å². The summed E-state index contributed by atoms with van der Waals surface area (Å²) in [7, 11) is 1.40. The molecular formula is C21H34O5. The topological polar surface area (TPSA) is 76.0 Å². The summed E-state index contributed by atoms with van der Waals surface area (Å²) in [5.41, 5.74) is 0. The highest BCUT2D eigenvalue weighted by molar-refractivity contribution is 5.69. The van der Waals surface area contributed by atoms with Crippen LogP contribution in [0.5, 0.6) is 0 Å². The Morgan fingerprint density at radius 1 is 0.962 bits per heavy atom. The summed E-state index contributed by atoms with van der Waals surface area (Å²) in [5.74, 6) is -0.166. The molecule has 0 aliphatic rings. The zero-order valence-corrected chi connectivity index (χ0v) is 15.9. The van der Waals surface area contributed by atoms with Crippen molar-refractivity contribution in [3.63, 3.8) is 0 Å². The molecule has 0 radical (unpaired) electrons. The number of hydrogen-bond donors (Lipinski definition) is 2. The summed E-state index contributed by atoms with van der Waals surface area (Å²) in [4.78, 5) is 15.4. The highest BCUT2D eigenvalue weighted by atomic mass is 17.1. The lowest BCUT2D eigenvalue weighted by Crippen LogP contribution is -2.04. The molecule has 0 aromatic rings. The van der Waals surface area contributed by atoms with Crippen molar-refractivity contribution < 1.29 is 24.8 Å². The molecule has 2 N–H and O–H groups in total. The van der Waals surface area contributed by atoms with Gasteiger partial charge in [0.1, 0.15) is 6.10 Å². The van der Waals surface area contributed by atoms with Crippen LogP contribution in [0.3, 0.4) is 0 Å². The molecule has 0 aromatic heterocycles. The second-order valence-corrected chi connectivity index (χ2v) is 5.91. The number of esters is 1. The third kappa shape index (κ3) is 17.1. The van der Waals surface area contributed by atoms with Crippen LogP contribution in [-0.2, 0) is 14.4 Å². The lowest BCUT2D eigenvalue weighted by Gasteiger charge is -2.04. The minimum atomic E-state index is -0.345. The number of allylic oxidation sites excluding steroid dienone is 6. The zero-order valence-electron chi connectivity index (χ0n) is 15.9.